The summed E-state index contributed by atoms with van der Waals surface area (Å²) in [5, 5.41) is 13.1. The molecule has 1 atom stereocenters. The zero-order chi connectivity index (χ0) is 14.5. The lowest BCUT2D eigenvalue weighted by molar-refractivity contribution is -0.119. The molecule has 2 rings (SSSR count). The fraction of sp³-hybridized carbons (Fsp3) is 0.562. The highest BCUT2D eigenvalue weighted by Gasteiger charge is 2.22. The second kappa shape index (κ2) is 6.75. The Labute approximate surface area is 120 Å². The summed E-state index contributed by atoms with van der Waals surface area (Å²) >= 11 is 0. The van der Waals surface area contributed by atoms with Crippen LogP contribution in [0, 0.1) is 0 Å². The van der Waals surface area contributed by atoms with Gasteiger partial charge in [-0.3, -0.25) is 4.79 Å². The van der Waals surface area contributed by atoms with Crippen molar-refractivity contribution in [1.29, 1.82) is 0 Å². The number of aliphatic hydroxyl groups excluding tert-OH is 1. The van der Waals surface area contributed by atoms with E-state index in [1.165, 1.54) is 0 Å². The monoisotopic (exact) mass is 276 g/mol. The molecule has 1 saturated heterocycles. The van der Waals surface area contributed by atoms with Crippen LogP contribution in [-0.4, -0.2) is 30.1 Å². The summed E-state index contributed by atoms with van der Waals surface area (Å²) in [4.78, 5) is 13.4. The molecule has 4 nitrogen and oxygen atoms in total. The van der Waals surface area contributed by atoms with Crippen molar-refractivity contribution in [2.75, 3.05) is 18.0 Å². The van der Waals surface area contributed by atoms with E-state index in [0.717, 1.165) is 43.6 Å². The number of carbonyl (C=O) groups is 1. The molecule has 1 aromatic rings. The lowest BCUT2D eigenvalue weighted by Crippen LogP contribution is -2.44. The van der Waals surface area contributed by atoms with Crippen LogP contribution in [-0.2, 0) is 4.79 Å². The minimum atomic E-state index is -0.403. The van der Waals surface area contributed by atoms with Gasteiger partial charge in [-0.15, -0.1) is 0 Å². The smallest absolute Gasteiger partial charge is 0.217 e. The zero-order valence-corrected chi connectivity index (χ0v) is 12.3. The SMILES string of the molecule is CCC(O)c1ccccc1N1CCC(NC(C)=O)CC1. The van der Waals surface area contributed by atoms with Crippen molar-refractivity contribution < 1.29 is 9.90 Å². The number of amides is 1. The molecule has 0 aliphatic carbocycles. The van der Waals surface area contributed by atoms with E-state index in [1.807, 2.05) is 25.1 Å². The van der Waals surface area contributed by atoms with Crippen LogP contribution in [0.2, 0.25) is 0 Å². The lowest BCUT2D eigenvalue weighted by atomic mass is 10.00. The molecule has 0 spiro atoms. The number of nitrogens with zero attached hydrogens (tertiary/aromatic N) is 1. The molecule has 0 bridgehead atoms. The number of para-hydroxylation sites is 1. The van der Waals surface area contributed by atoms with Crippen LogP contribution in [0.4, 0.5) is 5.69 Å². The highest BCUT2D eigenvalue weighted by molar-refractivity contribution is 5.73. The molecule has 0 aromatic heterocycles. The molecule has 0 radical (unpaired) electrons. The molecular formula is C16H24N2O2. The van der Waals surface area contributed by atoms with E-state index in [9.17, 15) is 9.90 Å². The quantitative estimate of drug-likeness (QED) is 0.886. The fourth-order valence-corrected chi connectivity index (χ4v) is 2.83. The second-order valence-electron chi connectivity index (χ2n) is 5.44. The molecule has 2 N–H and O–H groups in total. The molecule has 110 valence electrons. The van der Waals surface area contributed by atoms with Crippen molar-refractivity contribution in [3.63, 3.8) is 0 Å². The molecule has 0 saturated carbocycles. The summed E-state index contributed by atoms with van der Waals surface area (Å²) < 4.78 is 0. The van der Waals surface area contributed by atoms with Gasteiger partial charge in [0.15, 0.2) is 0 Å². The van der Waals surface area contributed by atoms with Crippen molar-refractivity contribution in [2.24, 2.45) is 0 Å². The fourth-order valence-electron chi connectivity index (χ4n) is 2.83. The Balaban J connectivity index is 2.05. The predicted octanol–water partition coefficient (Wildman–Crippen LogP) is 2.23. The Morgan fingerprint density at radius 2 is 2.05 bits per heavy atom. The van der Waals surface area contributed by atoms with E-state index < -0.39 is 6.10 Å². The van der Waals surface area contributed by atoms with Gasteiger partial charge in [0.25, 0.3) is 0 Å². The van der Waals surface area contributed by atoms with Crippen LogP contribution in [0.5, 0.6) is 0 Å². The minimum absolute atomic E-state index is 0.0465. The van der Waals surface area contributed by atoms with Gasteiger partial charge in [-0.05, 0) is 25.3 Å². The standard InChI is InChI=1S/C16H24N2O2/c1-3-16(20)14-6-4-5-7-15(14)18-10-8-13(9-11-18)17-12(2)19/h4-7,13,16,20H,3,8-11H2,1-2H3,(H,17,19). The van der Waals surface area contributed by atoms with Gasteiger partial charge in [-0.2, -0.15) is 0 Å². The Morgan fingerprint density at radius 1 is 1.40 bits per heavy atom. The zero-order valence-electron chi connectivity index (χ0n) is 12.3. The molecule has 1 amide bonds. The van der Waals surface area contributed by atoms with E-state index >= 15 is 0 Å². The molecule has 1 unspecified atom stereocenters. The van der Waals surface area contributed by atoms with Crippen LogP contribution in [0.25, 0.3) is 0 Å². The number of hydrogen-bond donors (Lipinski definition) is 2. The van der Waals surface area contributed by atoms with Gasteiger partial charge in [0.05, 0.1) is 6.10 Å². The lowest BCUT2D eigenvalue weighted by Gasteiger charge is -2.35. The summed E-state index contributed by atoms with van der Waals surface area (Å²) in [5.41, 5.74) is 2.14. The Hall–Kier alpha value is -1.55. The molecular weight excluding hydrogens is 252 g/mol. The maximum absolute atomic E-state index is 11.1. The van der Waals surface area contributed by atoms with E-state index in [2.05, 4.69) is 16.3 Å². The molecule has 1 aliphatic heterocycles. The Morgan fingerprint density at radius 3 is 2.65 bits per heavy atom. The third-order valence-corrected chi connectivity index (χ3v) is 3.93. The van der Waals surface area contributed by atoms with Gasteiger partial charge in [-0.25, -0.2) is 0 Å². The summed E-state index contributed by atoms with van der Waals surface area (Å²) in [5.74, 6) is 0.0465. The molecule has 1 aliphatic rings. The first-order valence-corrected chi connectivity index (χ1v) is 7.40. The van der Waals surface area contributed by atoms with Gasteiger partial charge >= 0.3 is 0 Å². The first kappa shape index (κ1) is 14.9. The molecule has 1 aromatic carbocycles. The maximum atomic E-state index is 11.1. The third-order valence-electron chi connectivity index (χ3n) is 3.93. The van der Waals surface area contributed by atoms with Gasteiger partial charge in [0, 0.05) is 37.3 Å². The number of aliphatic hydroxyl groups is 1. The number of benzene rings is 1. The van der Waals surface area contributed by atoms with Crippen LogP contribution in [0.1, 0.15) is 44.8 Å². The van der Waals surface area contributed by atoms with Crippen molar-refractivity contribution >= 4 is 11.6 Å². The molecule has 1 heterocycles. The third kappa shape index (κ3) is 3.51. The second-order valence-corrected chi connectivity index (χ2v) is 5.44. The van der Waals surface area contributed by atoms with E-state index in [4.69, 9.17) is 0 Å². The Bertz CT molecular complexity index is 454. The normalized spacial score (nSPS) is 17.9. The van der Waals surface area contributed by atoms with Crippen molar-refractivity contribution in [3.8, 4) is 0 Å². The largest absolute Gasteiger partial charge is 0.388 e. The first-order chi connectivity index (χ1) is 9.61. The van der Waals surface area contributed by atoms with Gasteiger partial charge in [0.2, 0.25) is 5.91 Å². The van der Waals surface area contributed by atoms with Crippen LogP contribution in [0.3, 0.4) is 0 Å². The maximum Gasteiger partial charge on any atom is 0.217 e. The number of hydrogen-bond acceptors (Lipinski definition) is 3. The van der Waals surface area contributed by atoms with Gasteiger partial charge in [-0.1, -0.05) is 25.1 Å². The summed E-state index contributed by atoms with van der Waals surface area (Å²) in [7, 11) is 0. The van der Waals surface area contributed by atoms with E-state index in [0.29, 0.717) is 0 Å². The average Bonchev–Trinajstić information content (AvgIpc) is 2.46. The van der Waals surface area contributed by atoms with Gasteiger partial charge < -0.3 is 15.3 Å². The van der Waals surface area contributed by atoms with Crippen molar-refractivity contribution in [1.82, 2.24) is 5.32 Å². The number of piperidine rings is 1. The number of anilines is 1. The van der Waals surface area contributed by atoms with Crippen LogP contribution in [0.15, 0.2) is 24.3 Å². The summed E-state index contributed by atoms with van der Waals surface area (Å²) in [6.45, 7) is 5.39. The van der Waals surface area contributed by atoms with Crippen molar-refractivity contribution in [3.05, 3.63) is 29.8 Å². The van der Waals surface area contributed by atoms with Crippen LogP contribution < -0.4 is 10.2 Å². The number of rotatable bonds is 4. The summed E-state index contributed by atoms with van der Waals surface area (Å²) in [6, 6.07) is 8.35. The minimum Gasteiger partial charge on any atom is -0.388 e. The number of carbonyl (C=O) groups excluding carboxylic acids is 1. The highest BCUT2D eigenvalue weighted by atomic mass is 16.3. The molecule has 1 fully saturated rings. The van der Waals surface area contributed by atoms with E-state index in [1.54, 1.807) is 6.92 Å². The average molecular weight is 276 g/mol. The topological polar surface area (TPSA) is 52.6 Å². The van der Waals surface area contributed by atoms with Crippen molar-refractivity contribution in [2.45, 2.75) is 45.3 Å². The van der Waals surface area contributed by atoms with E-state index in [-0.39, 0.29) is 11.9 Å². The van der Waals surface area contributed by atoms with Crippen LogP contribution >= 0.6 is 0 Å². The molecule has 20 heavy (non-hydrogen) atoms. The highest BCUT2D eigenvalue weighted by Crippen LogP contribution is 2.30. The summed E-state index contributed by atoms with van der Waals surface area (Å²) in [6.07, 6.45) is 2.23. The number of nitrogens with one attached hydrogen (secondary N) is 1. The van der Waals surface area contributed by atoms with Gasteiger partial charge in [0.1, 0.15) is 0 Å². The first-order valence-electron chi connectivity index (χ1n) is 7.40. The Kier molecular flexibility index (Phi) is 5.01. The predicted molar refractivity (Wildman–Crippen MR) is 80.7 cm³/mol. The molecule has 4 heteroatoms.